The molecule has 1 aromatic rings. The molecular weight excluding hydrogens is 344 g/mol. The summed E-state index contributed by atoms with van der Waals surface area (Å²) in [5.74, 6) is -0.0256. The molecule has 0 aromatic heterocycles. The van der Waals surface area contributed by atoms with Gasteiger partial charge in [-0.25, -0.2) is 0 Å². The molecule has 5 nitrogen and oxygen atoms in total. The molecule has 0 aliphatic heterocycles. The van der Waals surface area contributed by atoms with Crippen LogP contribution in [0.2, 0.25) is 5.04 Å². The average Bonchev–Trinajstić information content (AvgIpc) is 2.59. The first-order chi connectivity index (χ1) is 11.1. The van der Waals surface area contributed by atoms with Crippen LogP contribution in [0.25, 0.3) is 0 Å². The van der Waals surface area contributed by atoms with Crippen LogP contribution in [0.15, 0.2) is 43.0 Å². The van der Waals surface area contributed by atoms with Gasteiger partial charge < -0.3 is 24.7 Å². The van der Waals surface area contributed by atoms with Crippen molar-refractivity contribution in [3.05, 3.63) is 48.6 Å². The number of nitrogens with two attached hydrogens (primary N) is 2. The second-order valence-corrected chi connectivity index (χ2v) is 8.86. The van der Waals surface area contributed by atoms with Crippen molar-refractivity contribution in [1.29, 1.82) is 0 Å². The number of hydrogen-bond acceptors (Lipinski definition) is 5. The van der Waals surface area contributed by atoms with Crippen molar-refractivity contribution in [3.8, 4) is 0 Å². The van der Waals surface area contributed by atoms with E-state index in [0.717, 1.165) is 5.56 Å². The third-order valence-electron chi connectivity index (χ3n) is 4.59. The van der Waals surface area contributed by atoms with Gasteiger partial charge in [-0.3, -0.25) is 0 Å². The molecule has 0 aliphatic carbocycles. The molecule has 138 valence electrons. The van der Waals surface area contributed by atoms with Crippen molar-refractivity contribution in [3.63, 3.8) is 0 Å². The van der Waals surface area contributed by atoms with E-state index in [4.69, 9.17) is 24.7 Å². The van der Waals surface area contributed by atoms with Crippen LogP contribution in [-0.4, -0.2) is 43.2 Å². The highest BCUT2D eigenvalue weighted by Crippen LogP contribution is 2.56. The fourth-order valence-corrected chi connectivity index (χ4v) is 6.93. The van der Waals surface area contributed by atoms with E-state index < -0.39 is 13.8 Å². The molecule has 0 amide bonds. The second-order valence-electron chi connectivity index (χ2n) is 5.53. The highest BCUT2D eigenvalue weighted by Gasteiger charge is 2.62. The Balaban J connectivity index is 0.00000529. The molecule has 0 radical (unpaired) electrons. The van der Waals surface area contributed by atoms with Crippen molar-refractivity contribution >= 4 is 21.2 Å². The van der Waals surface area contributed by atoms with Crippen molar-refractivity contribution in [1.82, 2.24) is 0 Å². The maximum absolute atomic E-state index is 5.96. The van der Waals surface area contributed by atoms with E-state index in [1.807, 2.05) is 24.3 Å². The smallest absolute Gasteiger partial charge is 0.376 e. The molecule has 1 atom stereocenters. The first kappa shape index (κ1) is 23.3. The Bertz CT molecular complexity index is 458. The van der Waals surface area contributed by atoms with Crippen LogP contribution in [0.4, 0.5) is 0 Å². The van der Waals surface area contributed by atoms with Gasteiger partial charge >= 0.3 is 8.80 Å². The molecule has 0 saturated carbocycles. The zero-order valence-electron chi connectivity index (χ0n) is 14.9. The third kappa shape index (κ3) is 4.26. The molecule has 7 heteroatoms. The summed E-state index contributed by atoms with van der Waals surface area (Å²) in [6, 6.07) is 10.2. The van der Waals surface area contributed by atoms with Crippen molar-refractivity contribution in [2.45, 2.75) is 23.8 Å². The lowest BCUT2D eigenvalue weighted by Crippen LogP contribution is -2.58. The maximum atomic E-state index is 5.96. The zero-order chi connectivity index (χ0) is 17.3. The van der Waals surface area contributed by atoms with Gasteiger partial charge in [-0.1, -0.05) is 36.4 Å². The predicted octanol–water partition coefficient (Wildman–Crippen LogP) is 2.69. The largest absolute Gasteiger partial charge is 0.507 e. The zero-order valence-corrected chi connectivity index (χ0v) is 16.7. The Labute approximate surface area is 153 Å². The Kier molecular flexibility index (Phi) is 10.7. The van der Waals surface area contributed by atoms with Crippen LogP contribution in [-0.2, 0) is 13.3 Å². The van der Waals surface area contributed by atoms with E-state index in [-0.39, 0.29) is 18.3 Å². The molecule has 24 heavy (non-hydrogen) atoms. The summed E-state index contributed by atoms with van der Waals surface area (Å²) in [4.78, 5) is 0. The summed E-state index contributed by atoms with van der Waals surface area (Å²) >= 11 is 0. The van der Waals surface area contributed by atoms with Gasteiger partial charge in [0.05, 0.1) is 5.04 Å². The van der Waals surface area contributed by atoms with Gasteiger partial charge in [0.1, 0.15) is 0 Å². The van der Waals surface area contributed by atoms with E-state index in [0.29, 0.717) is 25.9 Å². The van der Waals surface area contributed by atoms with Crippen molar-refractivity contribution in [2.75, 3.05) is 34.4 Å². The second kappa shape index (κ2) is 11.0. The van der Waals surface area contributed by atoms with Gasteiger partial charge in [0.15, 0.2) is 0 Å². The van der Waals surface area contributed by atoms with Gasteiger partial charge in [-0.2, -0.15) is 0 Å². The van der Waals surface area contributed by atoms with Crippen LogP contribution >= 0.6 is 12.4 Å². The van der Waals surface area contributed by atoms with E-state index in [1.54, 1.807) is 21.3 Å². The van der Waals surface area contributed by atoms with Gasteiger partial charge in [0.2, 0.25) is 0 Å². The van der Waals surface area contributed by atoms with Gasteiger partial charge in [-0.15, -0.1) is 19.0 Å². The Morgan fingerprint density at radius 3 is 1.83 bits per heavy atom. The molecular formula is C17H31ClN2O3Si. The predicted molar refractivity (Wildman–Crippen MR) is 103 cm³/mol. The highest BCUT2D eigenvalue weighted by atomic mass is 35.5. The van der Waals surface area contributed by atoms with E-state index in [2.05, 4.69) is 18.7 Å². The number of halogens is 1. The van der Waals surface area contributed by atoms with Gasteiger partial charge in [-0.05, 0) is 31.5 Å². The summed E-state index contributed by atoms with van der Waals surface area (Å²) in [5, 5.41) is -0.460. The molecule has 0 aliphatic rings. The molecule has 1 aromatic carbocycles. The third-order valence-corrected chi connectivity index (χ3v) is 8.23. The van der Waals surface area contributed by atoms with E-state index in [1.165, 1.54) is 0 Å². The molecule has 0 bridgehead atoms. The summed E-state index contributed by atoms with van der Waals surface area (Å²) in [6.07, 6.45) is 3.29. The minimum atomic E-state index is -3.04. The molecule has 1 unspecified atom stereocenters. The average molecular weight is 375 g/mol. The minimum absolute atomic E-state index is 0. The SMILES string of the molecule is C=CC(c1ccccc1)C(CCN)(CCN)[Si](OC)(OC)OC.Cl. The highest BCUT2D eigenvalue weighted by molar-refractivity contribution is 6.64. The first-order valence-corrected chi connectivity index (χ1v) is 9.57. The summed E-state index contributed by atoms with van der Waals surface area (Å²) in [5.41, 5.74) is 13.0. The first-order valence-electron chi connectivity index (χ1n) is 7.84. The maximum Gasteiger partial charge on any atom is 0.507 e. The number of benzene rings is 1. The standard InChI is InChI=1S/C17H30N2O3Si.ClH/c1-5-16(15-9-7-6-8-10-15)17(11-13-18,12-14-19)23(20-2,21-3)22-4;/h5-10,16H,1,11-14,18-19H2,2-4H3;1H. The summed E-state index contributed by atoms with van der Waals surface area (Å²) < 4.78 is 17.5. The molecule has 0 saturated heterocycles. The Morgan fingerprint density at radius 2 is 1.50 bits per heavy atom. The van der Waals surface area contributed by atoms with Crippen LogP contribution in [0, 0.1) is 0 Å². The Morgan fingerprint density at radius 1 is 1.04 bits per heavy atom. The molecule has 0 spiro atoms. The van der Waals surface area contributed by atoms with Gasteiger partial charge in [0.25, 0.3) is 0 Å². The van der Waals surface area contributed by atoms with Crippen LogP contribution < -0.4 is 11.5 Å². The van der Waals surface area contributed by atoms with Crippen molar-refractivity contribution in [2.24, 2.45) is 11.5 Å². The number of rotatable bonds is 11. The lowest BCUT2D eigenvalue weighted by atomic mass is 9.80. The van der Waals surface area contributed by atoms with Crippen molar-refractivity contribution < 1.29 is 13.3 Å². The lowest BCUT2D eigenvalue weighted by Gasteiger charge is -2.47. The topological polar surface area (TPSA) is 79.7 Å². The quantitative estimate of drug-likeness (QED) is 0.459. The fraction of sp³-hybridized carbons (Fsp3) is 0.529. The van der Waals surface area contributed by atoms with Crippen LogP contribution in [0.3, 0.4) is 0 Å². The van der Waals surface area contributed by atoms with Crippen LogP contribution in [0.5, 0.6) is 0 Å². The summed E-state index contributed by atoms with van der Waals surface area (Å²) in [7, 11) is 1.86. The molecule has 0 heterocycles. The number of hydrogen-bond donors (Lipinski definition) is 2. The lowest BCUT2D eigenvalue weighted by molar-refractivity contribution is 0.0791. The normalized spacial score (nSPS) is 13.2. The number of allylic oxidation sites excluding steroid dienone is 1. The molecule has 4 N–H and O–H groups in total. The molecule has 1 rings (SSSR count). The van der Waals surface area contributed by atoms with E-state index >= 15 is 0 Å². The molecule has 0 fully saturated rings. The van der Waals surface area contributed by atoms with Gasteiger partial charge in [0, 0.05) is 27.2 Å². The minimum Gasteiger partial charge on any atom is -0.376 e. The van der Waals surface area contributed by atoms with E-state index in [9.17, 15) is 0 Å². The summed E-state index contributed by atoms with van der Waals surface area (Å²) in [6.45, 7) is 5.03. The van der Waals surface area contributed by atoms with Crippen LogP contribution in [0.1, 0.15) is 24.3 Å². The fourth-order valence-electron chi connectivity index (χ4n) is 3.65. The monoisotopic (exact) mass is 374 g/mol. The Hall–Kier alpha value is -0.733.